The molecule has 0 spiro atoms. The highest BCUT2D eigenvalue weighted by atomic mass is 16.5. The Balaban J connectivity index is 1.78. The van der Waals surface area contributed by atoms with Crippen molar-refractivity contribution in [2.24, 2.45) is 0 Å². The first-order valence-corrected chi connectivity index (χ1v) is 6.15. The summed E-state index contributed by atoms with van der Waals surface area (Å²) in [7, 11) is 0. The fourth-order valence-corrected chi connectivity index (χ4v) is 2.30. The van der Waals surface area contributed by atoms with E-state index < -0.39 is 0 Å². The number of anilines is 1. The Morgan fingerprint density at radius 2 is 1.88 bits per heavy atom. The second kappa shape index (κ2) is 4.34. The SMILES string of the molecule is c1ccc(N2CCCC2)c(OC2CNC2)c1. The third-order valence-corrected chi connectivity index (χ3v) is 3.35. The van der Waals surface area contributed by atoms with Crippen LogP contribution in [0.2, 0.25) is 0 Å². The summed E-state index contributed by atoms with van der Waals surface area (Å²) < 4.78 is 5.99. The van der Waals surface area contributed by atoms with Gasteiger partial charge in [0.15, 0.2) is 0 Å². The van der Waals surface area contributed by atoms with E-state index in [9.17, 15) is 0 Å². The predicted molar refractivity (Wildman–Crippen MR) is 65.2 cm³/mol. The van der Waals surface area contributed by atoms with Gasteiger partial charge in [-0.15, -0.1) is 0 Å². The lowest BCUT2D eigenvalue weighted by atomic mass is 10.2. The third-order valence-electron chi connectivity index (χ3n) is 3.35. The van der Waals surface area contributed by atoms with Crippen LogP contribution in [0.1, 0.15) is 12.8 Å². The van der Waals surface area contributed by atoms with Gasteiger partial charge in [-0.3, -0.25) is 0 Å². The first-order valence-electron chi connectivity index (χ1n) is 6.15. The summed E-state index contributed by atoms with van der Waals surface area (Å²) in [4.78, 5) is 2.43. The molecule has 16 heavy (non-hydrogen) atoms. The van der Waals surface area contributed by atoms with E-state index in [-0.39, 0.29) is 0 Å². The predicted octanol–water partition coefficient (Wildman–Crippen LogP) is 1.64. The van der Waals surface area contributed by atoms with Gasteiger partial charge in [0.2, 0.25) is 0 Å². The van der Waals surface area contributed by atoms with Gasteiger partial charge in [-0.25, -0.2) is 0 Å². The van der Waals surface area contributed by atoms with Crippen LogP contribution in [-0.4, -0.2) is 32.3 Å². The smallest absolute Gasteiger partial charge is 0.143 e. The van der Waals surface area contributed by atoms with Gasteiger partial charge in [0.25, 0.3) is 0 Å². The molecule has 0 atom stereocenters. The van der Waals surface area contributed by atoms with Crippen molar-refractivity contribution >= 4 is 5.69 Å². The summed E-state index contributed by atoms with van der Waals surface area (Å²) in [5, 5.41) is 3.23. The molecular weight excluding hydrogens is 200 g/mol. The minimum atomic E-state index is 0.365. The Morgan fingerprint density at radius 1 is 1.12 bits per heavy atom. The molecule has 2 fully saturated rings. The van der Waals surface area contributed by atoms with Gasteiger partial charge < -0.3 is 15.0 Å². The average Bonchev–Trinajstić information content (AvgIpc) is 2.77. The van der Waals surface area contributed by atoms with Crippen LogP contribution in [0.4, 0.5) is 5.69 Å². The van der Waals surface area contributed by atoms with Gasteiger partial charge in [0, 0.05) is 26.2 Å². The molecule has 1 aromatic rings. The highest BCUT2D eigenvalue weighted by Gasteiger charge is 2.22. The number of hydrogen-bond acceptors (Lipinski definition) is 3. The summed E-state index contributed by atoms with van der Waals surface area (Å²) in [5.41, 5.74) is 1.27. The van der Waals surface area contributed by atoms with Crippen molar-refractivity contribution in [3.05, 3.63) is 24.3 Å². The van der Waals surface area contributed by atoms with Crippen LogP contribution in [-0.2, 0) is 0 Å². The zero-order valence-electron chi connectivity index (χ0n) is 9.48. The normalized spacial score (nSPS) is 20.9. The number of ether oxygens (including phenoxy) is 1. The molecule has 0 bridgehead atoms. The van der Waals surface area contributed by atoms with Gasteiger partial charge >= 0.3 is 0 Å². The zero-order chi connectivity index (χ0) is 10.8. The van der Waals surface area contributed by atoms with E-state index in [0.717, 1.165) is 18.8 Å². The van der Waals surface area contributed by atoms with E-state index >= 15 is 0 Å². The van der Waals surface area contributed by atoms with Crippen LogP contribution in [0.3, 0.4) is 0 Å². The molecule has 1 aromatic carbocycles. The molecule has 1 N–H and O–H groups in total. The van der Waals surface area contributed by atoms with Gasteiger partial charge in [-0.05, 0) is 25.0 Å². The Morgan fingerprint density at radius 3 is 2.56 bits per heavy atom. The highest BCUT2D eigenvalue weighted by molar-refractivity contribution is 5.59. The van der Waals surface area contributed by atoms with E-state index in [1.54, 1.807) is 0 Å². The maximum Gasteiger partial charge on any atom is 0.143 e. The fraction of sp³-hybridized carbons (Fsp3) is 0.538. The maximum absolute atomic E-state index is 5.99. The van der Waals surface area contributed by atoms with Crippen molar-refractivity contribution < 1.29 is 4.74 Å². The van der Waals surface area contributed by atoms with E-state index in [1.807, 2.05) is 0 Å². The highest BCUT2D eigenvalue weighted by Crippen LogP contribution is 2.31. The molecule has 3 nitrogen and oxygen atoms in total. The van der Waals surface area contributed by atoms with E-state index in [1.165, 1.54) is 31.6 Å². The Hall–Kier alpha value is -1.22. The number of nitrogens with one attached hydrogen (secondary N) is 1. The summed E-state index contributed by atoms with van der Waals surface area (Å²) >= 11 is 0. The molecule has 0 unspecified atom stereocenters. The average molecular weight is 218 g/mol. The topological polar surface area (TPSA) is 24.5 Å². The molecule has 0 aromatic heterocycles. The lowest BCUT2D eigenvalue weighted by Crippen LogP contribution is -2.50. The van der Waals surface area contributed by atoms with Gasteiger partial charge in [0.05, 0.1) is 5.69 Å². The molecule has 0 aliphatic carbocycles. The van der Waals surface area contributed by atoms with Crippen LogP contribution in [0.5, 0.6) is 5.75 Å². The number of para-hydroxylation sites is 2. The van der Waals surface area contributed by atoms with Crippen molar-refractivity contribution in [1.82, 2.24) is 5.32 Å². The van der Waals surface area contributed by atoms with E-state index in [4.69, 9.17) is 4.74 Å². The van der Waals surface area contributed by atoms with Crippen LogP contribution in [0, 0.1) is 0 Å². The Bertz CT molecular complexity index is 357. The van der Waals surface area contributed by atoms with Gasteiger partial charge in [-0.1, -0.05) is 12.1 Å². The molecule has 2 aliphatic rings. The number of hydrogen-bond donors (Lipinski definition) is 1. The molecular formula is C13H18N2O. The third kappa shape index (κ3) is 1.87. The first-order chi connectivity index (χ1) is 7.93. The largest absolute Gasteiger partial charge is 0.486 e. The van der Waals surface area contributed by atoms with Crippen LogP contribution in [0.25, 0.3) is 0 Å². The monoisotopic (exact) mass is 218 g/mol. The number of benzene rings is 1. The molecule has 0 radical (unpaired) electrons. The van der Waals surface area contributed by atoms with E-state index in [0.29, 0.717) is 6.10 Å². The minimum Gasteiger partial charge on any atom is -0.486 e. The lowest BCUT2D eigenvalue weighted by Gasteiger charge is -2.30. The maximum atomic E-state index is 5.99. The van der Waals surface area contributed by atoms with Crippen molar-refractivity contribution in [2.45, 2.75) is 18.9 Å². The molecule has 86 valence electrons. The van der Waals surface area contributed by atoms with E-state index in [2.05, 4.69) is 34.5 Å². The second-order valence-electron chi connectivity index (χ2n) is 4.56. The van der Waals surface area contributed by atoms with Crippen molar-refractivity contribution in [1.29, 1.82) is 0 Å². The summed E-state index contributed by atoms with van der Waals surface area (Å²) in [6, 6.07) is 8.42. The van der Waals surface area contributed by atoms with Crippen molar-refractivity contribution in [2.75, 3.05) is 31.1 Å². The Kier molecular flexibility index (Phi) is 2.70. The summed E-state index contributed by atoms with van der Waals surface area (Å²) in [5.74, 6) is 1.05. The van der Waals surface area contributed by atoms with Crippen molar-refractivity contribution in [3.63, 3.8) is 0 Å². The van der Waals surface area contributed by atoms with Crippen LogP contribution < -0.4 is 15.0 Å². The molecule has 2 saturated heterocycles. The van der Waals surface area contributed by atoms with Crippen LogP contribution >= 0.6 is 0 Å². The number of nitrogens with zero attached hydrogens (tertiary/aromatic N) is 1. The molecule has 0 amide bonds. The minimum absolute atomic E-state index is 0.365. The quantitative estimate of drug-likeness (QED) is 0.834. The molecule has 0 saturated carbocycles. The number of rotatable bonds is 3. The molecule has 2 aliphatic heterocycles. The van der Waals surface area contributed by atoms with Crippen molar-refractivity contribution in [3.8, 4) is 5.75 Å². The van der Waals surface area contributed by atoms with Gasteiger partial charge in [-0.2, -0.15) is 0 Å². The summed E-state index contributed by atoms with van der Waals surface area (Å²) in [6.45, 7) is 4.30. The standard InChI is InChI=1S/C13H18N2O/c1-2-6-13(16-11-9-14-10-11)12(5-1)15-7-3-4-8-15/h1-2,5-6,11,14H,3-4,7-10H2. The fourth-order valence-electron chi connectivity index (χ4n) is 2.30. The van der Waals surface area contributed by atoms with Gasteiger partial charge in [0.1, 0.15) is 11.9 Å². The second-order valence-corrected chi connectivity index (χ2v) is 4.56. The molecule has 3 heteroatoms. The first kappa shape index (κ1) is 9.97. The summed E-state index contributed by atoms with van der Waals surface area (Å²) in [6.07, 6.45) is 2.97. The van der Waals surface area contributed by atoms with Crippen LogP contribution in [0.15, 0.2) is 24.3 Å². The Labute approximate surface area is 96.4 Å². The zero-order valence-corrected chi connectivity index (χ0v) is 9.48. The molecule has 3 rings (SSSR count). The lowest BCUT2D eigenvalue weighted by molar-refractivity contribution is 0.143. The molecule has 2 heterocycles.